The topological polar surface area (TPSA) is 96.0 Å². The lowest BCUT2D eigenvalue weighted by molar-refractivity contribution is -0.140. The van der Waals surface area contributed by atoms with Gasteiger partial charge in [-0.15, -0.1) is 0 Å². The van der Waals surface area contributed by atoms with E-state index in [1.807, 2.05) is 58.0 Å². The highest BCUT2D eigenvalue weighted by Crippen LogP contribution is 2.28. The highest BCUT2D eigenvalue weighted by atomic mass is 35.5. The van der Waals surface area contributed by atoms with Crippen LogP contribution in [0.2, 0.25) is 10.0 Å². The number of hydrogen-bond donors (Lipinski definition) is 1. The molecule has 2 amide bonds. The number of carbonyl (C=O) groups excluding carboxylic acids is 2. The van der Waals surface area contributed by atoms with Gasteiger partial charge in [-0.05, 0) is 87.4 Å². The fourth-order valence-electron chi connectivity index (χ4n) is 4.95. The number of sulfonamides is 1. The standard InChI is InChI=1S/C36H39Cl2N3O5S/c1-25-11-15-29(16-12-25)41(47(44,45)31-19-17-30(46-5)18-20-31)24-34(42)40(23-27-13-14-28(37)22-32(27)38)33(35(43)39-36(2,3)4)21-26-9-7-6-8-10-26/h6-20,22,33H,21,23-24H2,1-5H3,(H,39,43). The van der Waals surface area contributed by atoms with Crippen molar-refractivity contribution in [3.8, 4) is 5.75 Å². The van der Waals surface area contributed by atoms with Crippen LogP contribution in [0.1, 0.15) is 37.5 Å². The summed E-state index contributed by atoms with van der Waals surface area (Å²) in [5, 5.41) is 3.74. The fourth-order valence-corrected chi connectivity index (χ4v) is 6.84. The highest BCUT2D eigenvalue weighted by Gasteiger charge is 2.36. The number of benzene rings is 4. The maximum atomic E-state index is 14.6. The van der Waals surface area contributed by atoms with E-state index < -0.39 is 34.1 Å². The Morgan fingerprint density at radius 2 is 1.53 bits per heavy atom. The van der Waals surface area contributed by atoms with Crippen molar-refractivity contribution in [2.75, 3.05) is 18.0 Å². The molecule has 11 heteroatoms. The first kappa shape index (κ1) is 35.8. The second-order valence-corrected chi connectivity index (χ2v) is 14.9. The van der Waals surface area contributed by atoms with Gasteiger partial charge in [-0.1, -0.05) is 77.3 Å². The molecule has 8 nitrogen and oxygen atoms in total. The van der Waals surface area contributed by atoms with Crippen LogP contribution in [-0.2, 0) is 32.6 Å². The Morgan fingerprint density at radius 3 is 2.11 bits per heavy atom. The van der Waals surface area contributed by atoms with E-state index in [0.717, 1.165) is 15.4 Å². The Kier molecular flexibility index (Phi) is 11.6. The van der Waals surface area contributed by atoms with Crippen LogP contribution in [0.3, 0.4) is 0 Å². The Morgan fingerprint density at radius 1 is 0.894 bits per heavy atom. The van der Waals surface area contributed by atoms with Crippen molar-refractivity contribution in [1.82, 2.24) is 10.2 Å². The van der Waals surface area contributed by atoms with E-state index in [0.29, 0.717) is 27.0 Å². The summed E-state index contributed by atoms with van der Waals surface area (Å²) in [5.41, 5.74) is 1.98. The van der Waals surface area contributed by atoms with Crippen molar-refractivity contribution in [3.05, 3.63) is 124 Å². The van der Waals surface area contributed by atoms with Crippen molar-refractivity contribution in [2.24, 2.45) is 0 Å². The number of nitrogens with zero attached hydrogens (tertiary/aromatic N) is 2. The maximum Gasteiger partial charge on any atom is 0.264 e. The second-order valence-electron chi connectivity index (χ2n) is 12.2. The lowest BCUT2D eigenvalue weighted by Crippen LogP contribution is -2.56. The number of anilines is 1. The number of nitrogens with one attached hydrogen (secondary N) is 1. The van der Waals surface area contributed by atoms with Gasteiger partial charge in [0, 0.05) is 28.5 Å². The predicted octanol–water partition coefficient (Wildman–Crippen LogP) is 7.06. The molecule has 0 saturated carbocycles. The monoisotopic (exact) mass is 695 g/mol. The Hall–Kier alpha value is -4.05. The van der Waals surface area contributed by atoms with Crippen LogP contribution < -0.4 is 14.4 Å². The molecule has 0 fully saturated rings. The maximum absolute atomic E-state index is 14.6. The van der Waals surface area contributed by atoms with Crippen LogP contribution in [0.4, 0.5) is 5.69 Å². The molecule has 0 heterocycles. The van der Waals surface area contributed by atoms with Crippen LogP contribution >= 0.6 is 23.2 Å². The van der Waals surface area contributed by atoms with Crippen molar-refractivity contribution < 1.29 is 22.7 Å². The van der Waals surface area contributed by atoms with Crippen molar-refractivity contribution in [2.45, 2.75) is 57.1 Å². The third kappa shape index (κ3) is 9.50. The molecule has 1 N–H and O–H groups in total. The van der Waals surface area contributed by atoms with Gasteiger partial charge in [0.25, 0.3) is 10.0 Å². The third-order valence-corrected chi connectivity index (χ3v) is 9.75. The van der Waals surface area contributed by atoms with Gasteiger partial charge >= 0.3 is 0 Å². The molecule has 1 atom stereocenters. The molecule has 0 saturated heterocycles. The van der Waals surface area contributed by atoms with Gasteiger partial charge in [0.1, 0.15) is 18.3 Å². The quantitative estimate of drug-likeness (QED) is 0.171. The molecule has 0 aliphatic carbocycles. The van der Waals surface area contributed by atoms with Gasteiger partial charge in [-0.3, -0.25) is 13.9 Å². The summed E-state index contributed by atoms with van der Waals surface area (Å²) in [5.74, 6) is -0.500. The summed E-state index contributed by atoms with van der Waals surface area (Å²) in [6, 6.07) is 26.0. The summed E-state index contributed by atoms with van der Waals surface area (Å²) in [6.07, 6.45) is 0.176. The molecule has 0 spiro atoms. The Balaban J connectivity index is 1.83. The number of amides is 2. The number of methoxy groups -OCH3 is 1. The van der Waals surface area contributed by atoms with E-state index in [1.165, 1.54) is 24.1 Å². The molecule has 4 aromatic rings. The van der Waals surface area contributed by atoms with Crippen molar-refractivity contribution in [3.63, 3.8) is 0 Å². The molecule has 0 aliphatic heterocycles. The number of halogens is 2. The summed E-state index contributed by atoms with van der Waals surface area (Å²) in [7, 11) is -2.76. The molecule has 47 heavy (non-hydrogen) atoms. The van der Waals surface area contributed by atoms with E-state index in [1.54, 1.807) is 54.6 Å². The lowest BCUT2D eigenvalue weighted by Gasteiger charge is -2.35. The third-order valence-electron chi connectivity index (χ3n) is 7.37. The SMILES string of the molecule is COc1ccc(S(=O)(=O)N(CC(=O)N(Cc2ccc(Cl)cc2Cl)C(Cc2ccccc2)C(=O)NC(C)(C)C)c2ccc(C)cc2)cc1. The summed E-state index contributed by atoms with van der Waals surface area (Å²) in [6.45, 7) is 6.79. The molecule has 0 radical (unpaired) electrons. The van der Waals surface area contributed by atoms with Gasteiger partial charge in [-0.2, -0.15) is 0 Å². The van der Waals surface area contributed by atoms with E-state index in [2.05, 4.69) is 5.32 Å². The van der Waals surface area contributed by atoms with Gasteiger partial charge in [-0.25, -0.2) is 8.42 Å². The first-order valence-corrected chi connectivity index (χ1v) is 17.2. The van der Waals surface area contributed by atoms with E-state index in [9.17, 15) is 18.0 Å². The lowest BCUT2D eigenvalue weighted by atomic mass is 10.0. The van der Waals surface area contributed by atoms with Crippen LogP contribution in [0.25, 0.3) is 0 Å². The van der Waals surface area contributed by atoms with Crippen molar-refractivity contribution >= 4 is 50.7 Å². The van der Waals surface area contributed by atoms with E-state index in [-0.39, 0.29) is 23.8 Å². The van der Waals surface area contributed by atoms with Crippen LogP contribution in [-0.4, -0.2) is 50.4 Å². The second kappa shape index (κ2) is 15.2. The highest BCUT2D eigenvalue weighted by molar-refractivity contribution is 7.92. The molecule has 4 aromatic carbocycles. The zero-order chi connectivity index (χ0) is 34.4. The van der Waals surface area contributed by atoms with Crippen LogP contribution in [0.15, 0.2) is 102 Å². The van der Waals surface area contributed by atoms with Gasteiger partial charge in [0.05, 0.1) is 17.7 Å². The number of carbonyl (C=O) groups is 2. The zero-order valence-corrected chi connectivity index (χ0v) is 29.4. The number of rotatable bonds is 12. The number of aryl methyl sites for hydroxylation is 1. The fraction of sp³-hybridized carbons (Fsp3) is 0.278. The van der Waals surface area contributed by atoms with E-state index >= 15 is 0 Å². The van der Waals surface area contributed by atoms with Gasteiger partial charge < -0.3 is 15.0 Å². The first-order chi connectivity index (χ1) is 22.2. The zero-order valence-electron chi connectivity index (χ0n) is 27.0. The summed E-state index contributed by atoms with van der Waals surface area (Å²) < 4.78 is 34.7. The normalized spacial score (nSPS) is 12.2. The Labute approximate surface area is 287 Å². The molecule has 0 bridgehead atoms. The number of hydrogen-bond acceptors (Lipinski definition) is 5. The Bertz CT molecular complexity index is 1790. The minimum atomic E-state index is -4.25. The molecular weight excluding hydrogens is 657 g/mol. The van der Waals surface area contributed by atoms with Crippen LogP contribution in [0, 0.1) is 6.92 Å². The molecule has 0 aromatic heterocycles. The largest absolute Gasteiger partial charge is 0.497 e. The molecule has 0 aliphatic rings. The van der Waals surface area contributed by atoms with Crippen LogP contribution in [0.5, 0.6) is 5.75 Å². The average molecular weight is 697 g/mol. The summed E-state index contributed by atoms with van der Waals surface area (Å²) in [4.78, 5) is 30.0. The molecule has 4 rings (SSSR count). The molecule has 248 valence electrons. The average Bonchev–Trinajstić information content (AvgIpc) is 3.02. The van der Waals surface area contributed by atoms with Gasteiger partial charge in [0.2, 0.25) is 11.8 Å². The van der Waals surface area contributed by atoms with Gasteiger partial charge in [0.15, 0.2) is 0 Å². The van der Waals surface area contributed by atoms with E-state index in [4.69, 9.17) is 27.9 Å². The minimum Gasteiger partial charge on any atom is -0.497 e. The smallest absolute Gasteiger partial charge is 0.264 e. The first-order valence-electron chi connectivity index (χ1n) is 15.0. The van der Waals surface area contributed by atoms with Crippen molar-refractivity contribution in [1.29, 1.82) is 0 Å². The number of ether oxygens (including phenoxy) is 1. The molecular formula is C36H39Cl2N3O5S. The molecule has 1 unspecified atom stereocenters. The summed E-state index contributed by atoms with van der Waals surface area (Å²) >= 11 is 12.8. The minimum absolute atomic E-state index is 0.0229. The predicted molar refractivity (Wildman–Crippen MR) is 188 cm³/mol.